The normalized spacial score (nSPS) is 10.2. The van der Waals surface area contributed by atoms with Crippen molar-refractivity contribution >= 4 is 5.97 Å². The summed E-state index contributed by atoms with van der Waals surface area (Å²) in [6.07, 6.45) is 3.16. The predicted molar refractivity (Wildman–Crippen MR) is 63.8 cm³/mol. The molecule has 0 spiro atoms. The summed E-state index contributed by atoms with van der Waals surface area (Å²) in [5.41, 5.74) is 1.61. The molecule has 0 aromatic carbocycles. The maximum Gasteiger partial charge on any atom is 0.354 e. The van der Waals surface area contributed by atoms with Crippen molar-refractivity contribution in [1.29, 1.82) is 0 Å². The van der Waals surface area contributed by atoms with Gasteiger partial charge >= 0.3 is 5.97 Å². The first-order valence-corrected chi connectivity index (χ1v) is 5.40. The van der Waals surface area contributed by atoms with Crippen LogP contribution in [0.25, 0.3) is 0 Å². The molecule has 0 atom stereocenters. The van der Waals surface area contributed by atoms with Crippen LogP contribution < -0.4 is 5.32 Å². The lowest BCUT2D eigenvalue weighted by atomic mass is 10.3. The van der Waals surface area contributed by atoms with Gasteiger partial charge in [0.15, 0.2) is 0 Å². The molecule has 0 amide bonds. The number of aromatic nitrogens is 3. The molecular formula is C12H12N4O2. The maximum absolute atomic E-state index is 10.7. The van der Waals surface area contributed by atoms with E-state index in [-0.39, 0.29) is 5.69 Å². The average Bonchev–Trinajstić information content (AvgIpc) is 2.40. The van der Waals surface area contributed by atoms with Gasteiger partial charge in [-0.05, 0) is 18.2 Å². The van der Waals surface area contributed by atoms with Crippen molar-refractivity contribution in [3.63, 3.8) is 0 Å². The van der Waals surface area contributed by atoms with Gasteiger partial charge in [0.1, 0.15) is 12.0 Å². The Balaban J connectivity index is 1.90. The van der Waals surface area contributed by atoms with Crippen LogP contribution in [0.3, 0.4) is 0 Å². The van der Waals surface area contributed by atoms with Gasteiger partial charge in [-0.1, -0.05) is 6.07 Å². The molecule has 2 aromatic rings. The Bertz CT molecular complexity index is 531. The van der Waals surface area contributed by atoms with Crippen molar-refractivity contribution in [3.05, 3.63) is 53.9 Å². The molecule has 0 saturated heterocycles. The number of carboxylic acid groups (broad SMARTS) is 1. The standard InChI is InChI=1S/C12H12N4O2/c17-12(18)11-3-1-2-10(16-11)7-14-6-9-4-5-13-8-15-9/h1-5,8,14H,6-7H2,(H,17,18). The molecule has 0 radical (unpaired) electrons. The molecule has 0 aliphatic carbocycles. The van der Waals surface area contributed by atoms with Gasteiger partial charge in [0, 0.05) is 19.3 Å². The van der Waals surface area contributed by atoms with E-state index in [1.54, 1.807) is 18.3 Å². The predicted octanol–water partition coefficient (Wildman–Crippen LogP) is 0.860. The van der Waals surface area contributed by atoms with E-state index < -0.39 is 5.97 Å². The van der Waals surface area contributed by atoms with Crippen LogP contribution in [0.4, 0.5) is 0 Å². The van der Waals surface area contributed by atoms with Gasteiger partial charge in [-0.2, -0.15) is 0 Å². The molecule has 92 valence electrons. The molecule has 6 heteroatoms. The third-order valence-electron chi connectivity index (χ3n) is 2.28. The minimum Gasteiger partial charge on any atom is -0.477 e. The highest BCUT2D eigenvalue weighted by Gasteiger charge is 2.04. The number of pyridine rings is 1. The number of nitrogens with zero attached hydrogens (tertiary/aromatic N) is 3. The highest BCUT2D eigenvalue weighted by atomic mass is 16.4. The number of rotatable bonds is 5. The first kappa shape index (κ1) is 12.1. The van der Waals surface area contributed by atoms with Crippen molar-refractivity contribution in [2.45, 2.75) is 13.1 Å². The van der Waals surface area contributed by atoms with Gasteiger partial charge in [-0.3, -0.25) is 0 Å². The fourth-order valence-corrected chi connectivity index (χ4v) is 1.44. The summed E-state index contributed by atoms with van der Waals surface area (Å²) in [5.74, 6) is -1.02. The quantitative estimate of drug-likeness (QED) is 0.811. The summed E-state index contributed by atoms with van der Waals surface area (Å²) in [7, 11) is 0. The van der Waals surface area contributed by atoms with E-state index in [4.69, 9.17) is 5.11 Å². The number of carbonyl (C=O) groups is 1. The van der Waals surface area contributed by atoms with Crippen molar-refractivity contribution in [2.24, 2.45) is 0 Å². The monoisotopic (exact) mass is 244 g/mol. The molecule has 0 bridgehead atoms. The largest absolute Gasteiger partial charge is 0.477 e. The Hall–Kier alpha value is -2.34. The molecule has 0 aliphatic heterocycles. The Morgan fingerprint density at radius 1 is 1.22 bits per heavy atom. The Morgan fingerprint density at radius 2 is 2.06 bits per heavy atom. The highest BCUT2D eigenvalue weighted by molar-refractivity contribution is 5.85. The lowest BCUT2D eigenvalue weighted by Gasteiger charge is -2.04. The molecule has 2 N–H and O–H groups in total. The molecular weight excluding hydrogens is 232 g/mol. The van der Waals surface area contributed by atoms with E-state index in [1.807, 2.05) is 6.07 Å². The summed E-state index contributed by atoms with van der Waals surface area (Å²) in [6.45, 7) is 1.08. The zero-order valence-electron chi connectivity index (χ0n) is 9.58. The topological polar surface area (TPSA) is 88.0 Å². The van der Waals surface area contributed by atoms with Crippen molar-refractivity contribution in [3.8, 4) is 0 Å². The van der Waals surface area contributed by atoms with Crippen LogP contribution in [0.5, 0.6) is 0 Å². The van der Waals surface area contributed by atoms with Crippen molar-refractivity contribution in [1.82, 2.24) is 20.3 Å². The second kappa shape index (κ2) is 5.83. The number of hydrogen-bond acceptors (Lipinski definition) is 5. The van der Waals surface area contributed by atoms with E-state index in [0.717, 1.165) is 5.69 Å². The molecule has 6 nitrogen and oxygen atoms in total. The van der Waals surface area contributed by atoms with Crippen molar-refractivity contribution < 1.29 is 9.90 Å². The third kappa shape index (κ3) is 3.33. The molecule has 2 aromatic heterocycles. The fourth-order valence-electron chi connectivity index (χ4n) is 1.44. The smallest absolute Gasteiger partial charge is 0.354 e. The maximum atomic E-state index is 10.7. The Morgan fingerprint density at radius 3 is 2.78 bits per heavy atom. The summed E-state index contributed by atoms with van der Waals surface area (Å²) < 4.78 is 0. The van der Waals surface area contributed by atoms with Crippen LogP contribution in [-0.4, -0.2) is 26.0 Å². The first-order valence-electron chi connectivity index (χ1n) is 5.40. The third-order valence-corrected chi connectivity index (χ3v) is 2.28. The number of carboxylic acids is 1. The van der Waals surface area contributed by atoms with Gasteiger partial charge in [0.25, 0.3) is 0 Å². The number of nitrogens with one attached hydrogen (secondary N) is 1. The molecule has 18 heavy (non-hydrogen) atoms. The van der Waals surface area contributed by atoms with Gasteiger partial charge in [-0.15, -0.1) is 0 Å². The van der Waals surface area contributed by atoms with Gasteiger partial charge in [0.2, 0.25) is 0 Å². The number of aromatic carboxylic acids is 1. The van der Waals surface area contributed by atoms with E-state index in [0.29, 0.717) is 18.8 Å². The van der Waals surface area contributed by atoms with Crippen LogP contribution in [0.1, 0.15) is 21.9 Å². The lowest BCUT2D eigenvalue weighted by molar-refractivity contribution is 0.0690. The van der Waals surface area contributed by atoms with Crippen LogP contribution in [-0.2, 0) is 13.1 Å². The average molecular weight is 244 g/mol. The lowest BCUT2D eigenvalue weighted by Crippen LogP contribution is -2.15. The summed E-state index contributed by atoms with van der Waals surface area (Å²) in [5, 5.41) is 12.0. The number of hydrogen-bond donors (Lipinski definition) is 2. The molecule has 0 unspecified atom stereocenters. The fraction of sp³-hybridized carbons (Fsp3) is 0.167. The van der Waals surface area contributed by atoms with Crippen molar-refractivity contribution in [2.75, 3.05) is 0 Å². The molecule has 2 heterocycles. The summed E-state index contributed by atoms with van der Waals surface area (Å²) >= 11 is 0. The molecule has 2 rings (SSSR count). The van der Waals surface area contributed by atoms with Gasteiger partial charge < -0.3 is 10.4 Å². The van der Waals surface area contributed by atoms with Crippen LogP contribution in [0, 0.1) is 0 Å². The van der Waals surface area contributed by atoms with Crippen LogP contribution in [0.15, 0.2) is 36.8 Å². The minimum atomic E-state index is -1.02. The highest BCUT2D eigenvalue weighted by Crippen LogP contribution is 2.00. The second-order valence-electron chi connectivity index (χ2n) is 3.62. The summed E-state index contributed by atoms with van der Waals surface area (Å²) in [4.78, 5) is 22.7. The molecule has 0 saturated carbocycles. The Labute approximate surface area is 104 Å². The van der Waals surface area contributed by atoms with Gasteiger partial charge in [-0.25, -0.2) is 19.7 Å². The molecule has 0 fully saturated rings. The van der Waals surface area contributed by atoms with E-state index in [2.05, 4.69) is 20.3 Å². The summed E-state index contributed by atoms with van der Waals surface area (Å²) in [6, 6.07) is 6.74. The van der Waals surface area contributed by atoms with Crippen LogP contribution >= 0.6 is 0 Å². The molecule has 0 aliphatic rings. The second-order valence-corrected chi connectivity index (χ2v) is 3.62. The minimum absolute atomic E-state index is 0.0522. The van der Waals surface area contributed by atoms with E-state index in [9.17, 15) is 4.79 Å². The Kier molecular flexibility index (Phi) is 3.93. The van der Waals surface area contributed by atoms with Gasteiger partial charge in [0.05, 0.1) is 11.4 Å². The SMILES string of the molecule is O=C(O)c1cccc(CNCc2ccncn2)n1. The van der Waals surface area contributed by atoms with E-state index >= 15 is 0 Å². The van der Waals surface area contributed by atoms with E-state index in [1.165, 1.54) is 12.4 Å². The van der Waals surface area contributed by atoms with Crippen LogP contribution in [0.2, 0.25) is 0 Å². The zero-order valence-corrected chi connectivity index (χ0v) is 9.58. The first-order chi connectivity index (χ1) is 8.75. The zero-order chi connectivity index (χ0) is 12.8.